The van der Waals surface area contributed by atoms with Crippen LogP contribution >= 0.6 is 0 Å². The number of amides is 1. The number of hydrogen-bond donors (Lipinski definition) is 1. The van der Waals surface area contributed by atoms with E-state index in [1.807, 2.05) is 0 Å². The zero-order valence-corrected chi connectivity index (χ0v) is 9.80. The van der Waals surface area contributed by atoms with Crippen LogP contribution in [0.5, 0.6) is 5.75 Å². The molecule has 0 aromatic heterocycles. The van der Waals surface area contributed by atoms with Gasteiger partial charge in [0.1, 0.15) is 11.6 Å². The van der Waals surface area contributed by atoms with Crippen molar-refractivity contribution < 1.29 is 18.7 Å². The van der Waals surface area contributed by atoms with Gasteiger partial charge in [-0.25, -0.2) is 9.18 Å². The predicted molar refractivity (Wildman–Crippen MR) is 66.5 cm³/mol. The van der Waals surface area contributed by atoms with E-state index in [4.69, 9.17) is 10.5 Å². The van der Waals surface area contributed by atoms with Crippen LogP contribution in [0.25, 0.3) is 0 Å². The molecule has 0 spiro atoms. The molecule has 0 saturated carbocycles. The SMILES string of the molecule is NC(=O)Oc1ccc(F)cc1C(=O)c1ccccc1. The molecule has 0 radical (unpaired) electrons. The van der Waals surface area contributed by atoms with E-state index in [1.54, 1.807) is 30.3 Å². The summed E-state index contributed by atoms with van der Waals surface area (Å²) in [7, 11) is 0. The van der Waals surface area contributed by atoms with Crippen LogP contribution in [-0.2, 0) is 0 Å². The molecule has 19 heavy (non-hydrogen) atoms. The maximum atomic E-state index is 13.2. The van der Waals surface area contributed by atoms with Crippen molar-refractivity contribution in [2.75, 3.05) is 0 Å². The van der Waals surface area contributed by atoms with Crippen LogP contribution in [0, 0.1) is 5.82 Å². The van der Waals surface area contributed by atoms with Gasteiger partial charge in [0.2, 0.25) is 0 Å². The van der Waals surface area contributed by atoms with Gasteiger partial charge in [0.05, 0.1) is 5.56 Å². The summed E-state index contributed by atoms with van der Waals surface area (Å²) in [6.07, 6.45) is -1.06. The Morgan fingerprint density at radius 3 is 2.37 bits per heavy atom. The maximum Gasteiger partial charge on any atom is 0.409 e. The molecule has 0 aliphatic carbocycles. The summed E-state index contributed by atoms with van der Waals surface area (Å²) in [6, 6.07) is 11.6. The number of ether oxygens (including phenoxy) is 1. The summed E-state index contributed by atoms with van der Waals surface area (Å²) in [5.74, 6) is -1.12. The van der Waals surface area contributed by atoms with E-state index < -0.39 is 17.7 Å². The zero-order valence-electron chi connectivity index (χ0n) is 9.80. The van der Waals surface area contributed by atoms with E-state index in [1.165, 1.54) is 6.07 Å². The molecule has 0 fully saturated rings. The molecule has 4 nitrogen and oxygen atoms in total. The van der Waals surface area contributed by atoms with Crippen molar-refractivity contribution in [1.29, 1.82) is 0 Å². The van der Waals surface area contributed by atoms with E-state index in [0.29, 0.717) is 5.56 Å². The van der Waals surface area contributed by atoms with Gasteiger partial charge in [-0.05, 0) is 18.2 Å². The van der Waals surface area contributed by atoms with Crippen molar-refractivity contribution in [2.24, 2.45) is 5.73 Å². The molecule has 0 unspecified atom stereocenters. The third-order valence-corrected chi connectivity index (χ3v) is 2.43. The molecule has 2 rings (SSSR count). The number of ketones is 1. The Kier molecular flexibility index (Phi) is 3.56. The standard InChI is InChI=1S/C14H10FNO3/c15-10-6-7-12(19-14(16)18)11(8-10)13(17)9-4-2-1-3-5-9/h1-8H,(H2,16,18). The second-order valence-corrected chi connectivity index (χ2v) is 3.76. The fourth-order valence-corrected chi connectivity index (χ4v) is 1.62. The maximum absolute atomic E-state index is 13.2. The molecule has 0 atom stereocenters. The Morgan fingerprint density at radius 1 is 1.05 bits per heavy atom. The lowest BCUT2D eigenvalue weighted by atomic mass is 10.0. The molecule has 2 N–H and O–H groups in total. The molecule has 0 bridgehead atoms. The first-order chi connectivity index (χ1) is 9.08. The van der Waals surface area contributed by atoms with Crippen molar-refractivity contribution in [2.45, 2.75) is 0 Å². The van der Waals surface area contributed by atoms with Crippen molar-refractivity contribution in [1.82, 2.24) is 0 Å². The lowest BCUT2D eigenvalue weighted by Gasteiger charge is -2.08. The summed E-state index contributed by atoms with van der Waals surface area (Å²) < 4.78 is 17.9. The molecular formula is C14H10FNO3. The largest absolute Gasteiger partial charge is 0.410 e. The van der Waals surface area contributed by atoms with Crippen LogP contribution in [0.2, 0.25) is 0 Å². The van der Waals surface area contributed by atoms with Gasteiger partial charge < -0.3 is 10.5 Å². The number of nitrogens with two attached hydrogens (primary N) is 1. The van der Waals surface area contributed by atoms with Gasteiger partial charge in [-0.15, -0.1) is 0 Å². The predicted octanol–water partition coefficient (Wildman–Crippen LogP) is 2.51. The number of halogens is 1. The highest BCUT2D eigenvalue weighted by Gasteiger charge is 2.17. The van der Waals surface area contributed by atoms with E-state index in [-0.39, 0.29) is 11.3 Å². The molecule has 96 valence electrons. The topological polar surface area (TPSA) is 69.4 Å². The second kappa shape index (κ2) is 5.30. The number of carbonyl (C=O) groups excluding carboxylic acids is 2. The molecule has 5 heteroatoms. The Bertz CT molecular complexity index is 626. The molecule has 0 heterocycles. The average molecular weight is 259 g/mol. The minimum atomic E-state index is -1.06. The van der Waals surface area contributed by atoms with Crippen LogP contribution in [-0.4, -0.2) is 11.9 Å². The van der Waals surface area contributed by atoms with E-state index >= 15 is 0 Å². The monoisotopic (exact) mass is 259 g/mol. The van der Waals surface area contributed by atoms with Crippen LogP contribution in [0.1, 0.15) is 15.9 Å². The highest BCUT2D eigenvalue weighted by atomic mass is 19.1. The quantitative estimate of drug-likeness (QED) is 0.861. The normalized spacial score (nSPS) is 9.95. The molecular weight excluding hydrogens is 249 g/mol. The molecule has 2 aromatic rings. The van der Waals surface area contributed by atoms with Crippen molar-refractivity contribution in [3.8, 4) is 5.75 Å². The van der Waals surface area contributed by atoms with Gasteiger partial charge in [0, 0.05) is 5.56 Å². The van der Waals surface area contributed by atoms with Crippen molar-refractivity contribution in [3.63, 3.8) is 0 Å². The fourth-order valence-electron chi connectivity index (χ4n) is 1.62. The van der Waals surface area contributed by atoms with Gasteiger partial charge >= 0.3 is 6.09 Å². The highest BCUT2D eigenvalue weighted by molar-refractivity contribution is 6.10. The summed E-state index contributed by atoms with van der Waals surface area (Å²) >= 11 is 0. The fraction of sp³-hybridized carbons (Fsp3) is 0. The van der Waals surface area contributed by atoms with Crippen molar-refractivity contribution >= 4 is 11.9 Å². The highest BCUT2D eigenvalue weighted by Crippen LogP contribution is 2.23. The lowest BCUT2D eigenvalue weighted by Crippen LogP contribution is -2.18. The molecule has 0 aliphatic rings. The van der Waals surface area contributed by atoms with Gasteiger partial charge in [0.25, 0.3) is 0 Å². The van der Waals surface area contributed by atoms with Crippen LogP contribution in [0.4, 0.5) is 9.18 Å². The van der Waals surface area contributed by atoms with E-state index in [9.17, 15) is 14.0 Å². The zero-order chi connectivity index (χ0) is 13.8. The number of hydrogen-bond acceptors (Lipinski definition) is 3. The first-order valence-corrected chi connectivity index (χ1v) is 5.44. The van der Waals surface area contributed by atoms with Crippen LogP contribution in [0.3, 0.4) is 0 Å². The molecule has 0 aliphatic heterocycles. The van der Waals surface area contributed by atoms with Gasteiger partial charge in [0.15, 0.2) is 5.78 Å². The lowest BCUT2D eigenvalue weighted by molar-refractivity contribution is 0.103. The second-order valence-electron chi connectivity index (χ2n) is 3.76. The number of benzene rings is 2. The molecule has 0 saturated heterocycles. The van der Waals surface area contributed by atoms with E-state index in [2.05, 4.69) is 0 Å². The van der Waals surface area contributed by atoms with Gasteiger partial charge in [-0.1, -0.05) is 30.3 Å². The first-order valence-electron chi connectivity index (χ1n) is 5.44. The summed E-state index contributed by atoms with van der Waals surface area (Å²) in [5, 5.41) is 0. The third kappa shape index (κ3) is 2.95. The van der Waals surface area contributed by atoms with Gasteiger partial charge in [-0.3, -0.25) is 4.79 Å². The van der Waals surface area contributed by atoms with Gasteiger partial charge in [-0.2, -0.15) is 0 Å². The average Bonchev–Trinajstić information content (AvgIpc) is 2.40. The Hall–Kier alpha value is -2.69. The minimum absolute atomic E-state index is 0.0509. The number of primary amides is 1. The summed E-state index contributed by atoms with van der Waals surface area (Å²) in [5.41, 5.74) is 5.22. The van der Waals surface area contributed by atoms with Crippen LogP contribution < -0.4 is 10.5 Å². The van der Waals surface area contributed by atoms with Crippen molar-refractivity contribution in [3.05, 3.63) is 65.5 Å². The number of rotatable bonds is 3. The smallest absolute Gasteiger partial charge is 0.409 e. The molecule has 2 aromatic carbocycles. The Balaban J connectivity index is 2.45. The van der Waals surface area contributed by atoms with E-state index in [0.717, 1.165) is 12.1 Å². The summed E-state index contributed by atoms with van der Waals surface area (Å²) in [6.45, 7) is 0. The Morgan fingerprint density at radius 2 is 1.74 bits per heavy atom. The third-order valence-electron chi connectivity index (χ3n) is 2.43. The van der Waals surface area contributed by atoms with Crippen LogP contribution in [0.15, 0.2) is 48.5 Å². The molecule has 1 amide bonds. The summed E-state index contributed by atoms with van der Waals surface area (Å²) in [4.78, 5) is 23.0. The minimum Gasteiger partial charge on any atom is -0.410 e. The Labute approximate surface area is 108 Å². The first kappa shape index (κ1) is 12.8. The number of carbonyl (C=O) groups is 2.